The maximum absolute atomic E-state index is 11.8. The predicted molar refractivity (Wildman–Crippen MR) is 82.9 cm³/mol. The van der Waals surface area contributed by atoms with Crippen LogP contribution in [0.4, 0.5) is 11.4 Å². The van der Waals surface area contributed by atoms with Crippen molar-refractivity contribution < 1.29 is 14.7 Å². The molecule has 114 valence electrons. The lowest BCUT2D eigenvalue weighted by Gasteiger charge is -2.18. The SMILES string of the molecule is CC(C)CCNc1cc(C(=O)O)cc(N2CCCC2=O)c1. The summed E-state index contributed by atoms with van der Waals surface area (Å²) in [7, 11) is 0. The predicted octanol–water partition coefficient (Wildman–Crippen LogP) is 2.97. The van der Waals surface area contributed by atoms with Crippen molar-refractivity contribution in [1.82, 2.24) is 0 Å². The number of carboxylic acids is 1. The van der Waals surface area contributed by atoms with Crippen LogP contribution in [0.15, 0.2) is 18.2 Å². The topological polar surface area (TPSA) is 69.6 Å². The minimum absolute atomic E-state index is 0.0608. The highest BCUT2D eigenvalue weighted by atomic mass is 16.4. The molecular weight excluding hydrogens is 268 g/mol. The zero-order valence-corrected chi connectivity index (χ0v) is 12.6. The number of anilines is 2. The lowest BCUT2D eigenvalue weighted by molar-refractivity contribution is -0.117. The smallest absolute Gasteiger partial charge is 0.335 e. The molecule has 2 N–H and O–H groups in total. The van der Waals surface area contributed by atoms with Gasteiger partial charge >= 0.3 is 5.97 Å². The van der Waals surface area contributed by atoms with Crippen molar-refractivity contribution in [3.8, 4) is 0 Å². The summed E-state index contributed by atoms with van der Waals surface area (Å²) in [6.07, 6.45) is 2.37. The molecule has 2 rings (SSSR count). The third kappa shape index (κ3) is 3.97. The van der Waals surface area contributed by atoms with E-state index >= 15 is 0 Å². The van der Waals surface area contributed by atoms with E-state index in [4.69, 9.17) is 0 Å². The lowest BCUT2D eigenvalue weighted by Crippen LogP contribution is -2.24. The van der Waals surface area contributed by atoms with E-state index in [9.17, 15) is 14.7 Å². The van der Waals surface area contributed by atoms with Crippen molar-refractivity contribution in [2.24, 2.45) is 5.92 Å². The Morgan fingerprint density at radius 2 is 2.14 bits per heavy atom. The van der Waals surface area contributed by atoms with Gasteiger partial charge in [0.1, 0.15) is 0 Å². The van der Waals surface area contributed by atoms with Gasteiger partial charge in [0.25, 0.3) is 0 Å². The first-order valence-corrected chi connectivity index (χ1v) is 7.40. The first kappa shape index (κ1) is 15.4. The summed E-state index contributed by atoms with van der Waals surface area (Å²) in [5, 5.41) is 12.5. The molecule has 21 heavy (non-hydrogen) atoms. The summed E-state index contributed by atoms with van der Waals surface area (Å²) >= 11 is 0. The normalized spacial score (nSPS) is 14.8. The van der Waals surface area contributed by atoms with E-state index in [0.717, 1.165) is 25.1 Å². The molecule has 1 aromatic rings. The maximum atomic E-state index is 11.8. The summed E-state index contributed by atoms with van der Waals surface area (Å²) in [5.41, 5.74) is 1.63. The number of rotatable bonds is 6. The third-order valence-electron chi connectivity index (χ3n) is 3.60. The number of carboxylic acid groups (broad SMARTS) is 1. The third-order valence-corrected chi connectivity index (χ3v) is 3.60. The van der Waals surface area contributed by atoms with Gasteiger partial charge in [0.15, 0.2) is 0 Å². The molecule has 0 saturated carbocycles. The van der Waals surface area contributed by atoms with Crippen molar-refractivity contribution in [3.63, 3.8) is 0 Å². The van der Waals surface area contributed by atoms with Gasteiger partial charge in [-0.15, -0.1) is 0 Å². The first-order valence-electron chi connectivity index (χ1n) is 7.40. The van der Waals surface area contributed by atoms with Crippen LogP contribution >= 0.6 is 0 Å². The summed E-state index contributed by atoms with van der Waals surface area (Å²) in [4.78, 5) is 24.7. The number of hydrogen-bond acceptors (Lipinski definition) is 3. The Morgan fingerprint density at radius 3 is 2.71 bits per heavy atom. The Hall–Kier alpha value is -2.04. The van der Waals surface area contributed by atoms with E-state index in [1.54, 1.807) is 17.0 Å². The Bertz CT molecular complexity index is 540. The summed E-state index contributed by atoms with van der Waals surface area (Å²) in [5.74, 6) is -0.333. The van der Waals surface area contributed by atoms with E-state index in [-0.39, 0.29) is 11.5 Å². The highest BCUT2D eigenvalue weighted by Gasteiger charge is 2.23. The zero-order valence-electron chi connectivity index (χ0n) is 12.6. The number of carbonyl (C=O) groups is 2. The average Bonchev–Trinajstić information content (AvgIpc) is 2.84. The maximum Gasteiger partial charge on any atom is 0.335 e. The highest BCUT2D eigenvalue weighted by molar-refractivity contribution is 5.98. The Morgan fingerprint density at radius 1 is 1.38 bits per heavy atom. The van der Waals surface area contributed by atoms with E-state index < -0.39 is 5.97 Å². The molecule has 0 spiro atoms. The monoisotopic (exact) mass is 290 g/mol. The number of carbonyl (C=O) groups excluding carboxylic acids is 1. The molecule has 0 aromatic heterocycles. The van der Waals surface area contributed by atoms with Gasteiger partial charge in [-0.1, -0.05) is 13.8 Å². The molecule has 1 fully saturated rings. The van der Waals surface area contributed by atoms with Crippen molar-refractivity contribution in [2.45, 2.75) is 33.1 Å². The van der Waals surface area contributed by atoms with Gasteiger partial charge in [-0.05, 0) is 37.0 Å². The van der Waals surface area contributed by atoms with Gasteiger partial charge in [0, 0.05) is 30.9 Å². The van der Waals surface area contributed by atoms with Gasteiger partial charge < -0.3 is 15.3 Å². The zero-order chi connectivity index (χ0) is 15.4. The fourth-order valence-electron chi connectivity index (χ4n) is 2.42. The molecule has 0 bridgehead atoms. The lowest BCUT2D eigenvalue weighted by atomic mass is 10.1. The minimum Gasteiger partial charge on any atom is -0.478 e. The van der Waals surface area contributed by atoms with Crippen molar-refractivity contribution in [2.75, 3.05) is 23.3 Å². The van der Waals surface area contributed by atoms with Crippen molar-refractivity contribution in [3.05, 3.63) is 23.8 Å². The number of aromatic carboxylic acids is 1. The Kier molecular flexibility index (Phi) is 4.83. The van der Waals surface area contributed by atoms with Crippen LogP contribution in [-0.4, -0.2) is 30.1 Å². The van der Waals surface area contributed by atoms with Gasteiger partial charge in [-0.25, -0.2) is 4.79 Å². The van der Waals surface area contributed by atoms with Gasteiger partial charge in [0.05, 0.1) is 5.56 Å². The second kappa shape index (κ2) is 6.61. The van der Waals surface area contributed by atoms with Gasteiger partial charge in [-0.2, -0.15) is 0 Å². The molecule has 1 aliphatic heterocycles. The molecule has 0 atom stereocenters. The molecule has 0 radical (unpaired) electrons. The summed E-state index contributed by atoms with van der Waals surface area (Å²) in [6.45, 7) is 5.73. The fourth-order valence-corrected chi connectivity index (χ4v) is 2.42. The van der Waals surface area contributed by atoms with Crippen LogP contribution in [0.5, 0.6) is 0 Å². The van der Waals surface area contributed by atoms with Crippen LogP contribution in [-0.2, 0) is 4.79 Å². The quantitative estimate of drug-likeness (QED) is 0.845. The molecule has 5 heteroatoms. The van der Waals surface area contributed by atoms with Gasteiger partial charge in [-0.3, -0.25) is 4.79 Å². The van der Waals surface area contributed by atoms with Gasteiger partial charge in [0.2, 0.25) is 5.91 Å². The molecule has 0 unspecified atom stereocenters. The summed E-state index contributed by atoms with van der Waals surface area (Å²) < 4.78 is 0. The van der Waals surface area contributed by atoms with Crippen LogP contribution in [0.2, 0.25) is 0 Å². The fraction of sp³-hybridized carbons (Fsp3) is 0.500. The van der Waals surface area contributed by atoms with Crippen LogP contribution in [0.25, 0.3) is 0 Å². The van der Waals surface area contributed by atoms with E-state index in [2.05, 4.69) is 19.2 Å². The molecule has 0 aliphatic carbocycles. The number of nitrogens with zero attached hydrogens (tertiary/aromatic N) is 1. The Labute approximate surface area is 125 Å². The Balaban J connectivity index is 2.21. The largest absolute Gasteiger partial charge is 0.478 e. The van der Waals surface area contributed by atoms with Crippen LogP contribution < -0.4 is 10.2 Å². The second-order valence-electron chi connectivity index (χ2n) is 5.83. The number of amides is 1. The molecule has 1 amide bonds. The minimum atomic E-state index is -0.976. The number of nitrogens with one attached hydrogen (secondary N) is 1. The second-order valence-corrected chi connectivity index (χ2v) is 5.83. The van der Waals surface area contributed by atoms with E-state index in [0.29, 0.717) is 24.6 Å². The standard InChI is InChI=1S/C16H22N2O3/c1-11(2)5-6-17-13-8-12(16(20)21)9-14(10-13)18-7-3-4-15(18)19/h8-11,17H,3-7H2,1-2H3,(H,20,21). The van der Waals surface area contributed by atoms with Crippen molar-refractivity contribution >= 4 is 23.3 Å². The summed E-state index contributed by atoms with van der Waals surface area (Å²) in [6, 6.07) is 5.04. The van der Waals surface area contributed by atoms with E-state index in [1.807, 2.05) is 6.07 Å². The van der Waals surface area contributed by atoms with Crippen LogP contribution in [0.1, 0.15) is 43.5 Å². The highest BCUT2D eigenvalue weighted by Crippen LogP contribution is 2.26. The van der Waals surface area contributed by atoms with Crippen molar-refractivity contribution in [1.29, 1.82) is 0 Å². The molecule has 5 nitrogen and oxygen atoms in total. The van der Waals surface area contributed by atoms with Crippen LogP contribution in [0, 0.1) is 5.92 Å². The first-order chi connectivity index (χ1) is 9.97. The number of hydrogen-bond donors (Lipinski definition) is 2. The van der Waals surface area contributed by atoms with E-state index in [1.165, 1.54) is 0 Å². The number of benzene rings is 1. The molecular formula is C16H22N2O3. The molecule has 1 aliphatic rings. The molecule has 1 heterocycles. The average molecular weight is 290 g/mol. The molecule has 1 saturated heterocycles. The molecule has 1 aromatic carbocycles. The van der Waals surface area contributed by atoms with Crippen LogP contribution in [0.3, 0.4) is 0 Å².